The monoisotopic (exact) mass is 464 g/mol. The first-order valence-corrected chi connectivity index (χ1v) is 12.2. The molecule has 1 N–H and O–H groups in total. The summed E-state index contributed by atoms with van der Waals surface area (Å²) in [5, 5.41) is 3.96. The number of carbonyl (C=O) groups excluding carboxylic acids is 1. The average molecular weight is 465 g/mol. The van der Waals surface area contributed by atoms with E-state index in [0.29, 0.717) is 5.56 Å². The van der Waals surface area contributed by atoms with E-state index in [2.05, 4.69) is 51.5 Å². The minimum Gasteiger partial charge on any atom is -0.378 e. The Balaban J connectivity index is 1.27. The van der Waals surface area contributed by atoms with Crippen LogP contribution in [0.1, 0.15) is 21.5 Å². The van der Waals surface area contributed by atoms with Gasteiger partial charge < -0.3 is 19.9 Å². The molecular formula is C29H28N4O2. The van der Waals surface area contributed by atoms with Crippen LogP contribution in [-0.2, 0) is 17.7 Å². The predicted molar refractivity (Wildman–Crippen MR) is 140 cm³/mol. The van der Waals surface area contributed by atoms with Gasteiger partial charge in [-0.05, 0) is 53.9 Å². The number of carbonyl (C=O) groups is 1. The zero-order valence-electron chi connectivity index (χ0n) is 19.6. The molecule has 1 saturated heterocycles. The Morgan fingerprint density at radius 3 is 2.40 bits per heavy atom. The normalized spacial score (nSPS) is 15.7. The lowest BCUT2D eigenvalue weighted by molar-refractivity contribution is 0.102. The third-order valence-corrected chi connectivity index (χ3v) is 6.90. The highest BCUT2D eigenvalue weighted by Crippen LogP contribution is 2.28. The topological polar surface area (TPSA) is 57.7 Å². The second kappa shape index (κ2) is 9.39. The summed E-state index contributed by atoms with van der Waals surface area (Å²) in [7, 11) is 0. The predicted octanol–water partition coefficient (Wildman–Crippen LogP) is 4.89. The third kappa shape index (κ3) is 4.45. The van der Waals surface area contributed by atoms with Crippen LogP contribution in [-0.4, -0.2) is 43.7 Å². The van der Waals surface area contributed by atoms with Gasteiger partial charge in [0.25, 0.3) is 5.91 Å². The van der Waals surface area contributed by atoms with E-state index < -0.39 is 0 Å². The Bertz CT molecular complexity index is 1360. The number of pyridine rings is 1. The van der Waals surface area contributed by atoms with Gasteiger partial charge in [0.2, 0.25) is 0 Å². The summed E-state index contributed by atoms with van der Waals surface area (Å²) in [5.74, 6) is 0.715. The first-order valence-electron chi connectivity index (χ1n) is 12.2. The summed E-state index contributed by atoms with van der Waals surface area (Å²) in [6.45, 7) is 4.95. The lowest BCUT2D eigenvalue weighted by atomic mass is 9.99. The van der Waals surface area contributed by atoms with E-state index in [4.69, 9.17) is 9.72 Å². The summed E-state index contributed by atoms with van der Waals surface area (Å²) in [4.78, 5) is 22.9. The molecular weight excluding hydrogens is 436 g/mol. The number of morpholine rings is 1. The van der Waals surface area contributed by atoms with Crippen molar-refractivity contribution in [3.63, 3.8) is 0 Å². The maximum Gasteiger partial charge on any atom is 0.256 e. The standard InChI is InChI=1S/C29H28N4O2/c34-29(30-23-9-11-24(12-10-23)32-15-17-35-18-16-32)26-19-28(31-27-8-4-3-7-25(26)27)33-14-13-21-5-1-2-6-22(21)20-33/h1-12,19H,13-18,20H2,(H,30,34). The van der Waals surface area contributed by atoms with Crippen molar-refractivity contribution in [2.24, 2.45) is 0 Å². The number of nitrogens with zero attached hydrogens (tertiary/aromatic N) is 3. The van der Waals surface area contributed by atoms with Crippen molar-refractivity contribution in [2.45, 2.75) is 13.0 Å². The molecule has 0 unspecified atom stereocenters. The minimum atomic E-state index is -0.124. The number of hydrogen-bond donors (Lipinski definition) is 1. The Kier molecular flexibility index (Phi) is 5.80. The van der Waals surface area contributed by atoms with Gasteiger partial charge in [0.1, 0.15) is 5.82 Å². The van der Waals surface area contributed by atoms with Gasteiger partial charge in [0.05, 0.1) is 24.3 Å². The smallest absolute Gasteiger partial charge is 0.256 e. The Morgan fingerprint density at radius 2 is 1.57 bits per heavy atom. The molecule has 6 rings (SSSR count). The highest BCUT2D eigenvalue weighted by Gasteiger charge is 2.20. The average Bonchev–Trinajstić information content (AvgIpc) is 2.93. The van der Waals surface area contributed by atoms with E-state index in [1.807, 2.05) is 42.5 Å². The van der Waals surface area contributed by atoms with Gasteiger partial charge in [-0.25, -0.2) is 4.98 Å². The SMILES string of the molecule is O=C(Nc1ccc(N2CCOCC2)cc1)c1cc(N2CCc3ccccc3C2)nc2ccccc12. The molecule has 6 heteroatoms. The van der Waals surface area contributed by atoms with Crippen LogP contribution in [0, 0.1) is 0 Å². The molecule has 0 aliphatic carbocycles. The van der Waals surface area contributed by atoms with E-state index in [0.717, 1.165) is 73.9 Å². The highest BCUT2D eigenvalue weighted by molar-refractivity contribution is 6.13. The summed E-state index contributed by atoms with van der Waals surface area (Å²) in [6, 6.07) is 26.4. The van der Waals surface area contributed by atoms with Crippen molar-refractivity contribution in [3.05, 3.63) is 95.6 Å². The number of rotatable bonds is 4. The van der Waals surface area contributed by atoms with Crippen LogP contribution in [0.2, 0.25) is 0 Å². The van der Waals surface area contributed by atoms with Gasteiger partial charge in [0.15, 0.2) is 0 Å². The maximum atomic E-state index is 13.5. The molecule has 3 heterocycles. The van der Waals surface area contributed by atoms with Crippen molar-refractivity contribution < 1.29 is 9.53 Å². The minimum absolute atomic E-state index is 0.124. The molecule has 1 amide bonds. The summed E-state index contributed by atoms with van der Waals surface area (Å²) >= 11 is 0. The van der Waals surface area contributed by atoms with Gasteiger partial charge >= 0.3 is 0 Å². The Morgan fingerprint density at radius 1 is 0.829 bits per heavy atom. The number of aromatic nitrogens is 1. The fourth-order valence-electron chi connectivity index (χ4n) is 4.98. The first kappa shape index (κ1) is 21.6. The van der Waals surface area contributed by atoms with Crippen molar-refractivity contribution in [3.8, 4) is 0 Å². The summed E-state index contributed by atoms with van der Waals surface area (Å²) < 4.78 is 5.45. The quantitative estimate of drug-likeness (QED) is 0.466. The van der Waals surface area contributed by atoms with E-state index >= 15 is 0 Å². The number of amides is 1. The molecule has 0 saturated carbocycles. The molecule has 4 aromatic rings. The largest absolute Gasteiger partial charge is 0.378 e. The first-order chi connectivity index (χ1) is 17.2. The van der Waals surface area contributed by atoms with Gasteiger partial charge in [0, 0.05) is 42.9 Å². The number of nitrogens with one attached hydrogen (secondary N) is 1. The molecule has 0 radical (unpaired) electrons. The van der Waals surface area contributed by atoms with Crippen molar-refractivity contribution in [1.29, 1.82) is 0 Å². The van der Waals surface area contributed by atoms with Crippen LogP contribution < -0.4 is 15.1 Å². The summed E-state index contributed by atoms with van der Waals surface area (Å²) in [5.41, 5.74) is 6.11. The van der Waals surface area contributed by atoms with Gasteiger partial charge in [-0.3, -0.25) is 4.79 Å². The Hall–Kier alpha value is -3.90. The fraction of sp³-hybridized carbons (Fsp3) is 0.241. The third-order valence-electron chi connectivity index (χ3n) is 6.90. The molecule has 1 aromatic heterocycles. The van der Waals surface area contributed by atoms with Crippen molar-refractivity contribution >= 4 is 34.0 Å². The number of anilines is 3. The highest BCUT2D eigenvalue weighted by atomic mass is 16.5. The zero-order valence-corrected chi connectivity index (χ0v) is 19.6. The van der Waals surface area contributed by atoms with Crippen LogP contribution in [0.3, 0.4) is 0 Å². The number of para-hydroxylation sites is 1. The molecule has 0 spiro atoms. The number of hydrogen-bond acceptors (Lipinski definition) is 5. The number of benzene rings is 3. The maximum absolute atomic E-state index is 13.5. The van der Waals surface area contributed by atoms with Crippen molar-refractivity contribution in [2.75, 3.05) is 48.0 Å². The molecule has 3 aromatic carbocycles. The molecule has 2 aliphatic rings. The molecule has 6 nitrogen and oxygen atoms in total. The van der Waals surface area contributed by atoms with Crippen LogP contribution in [0.5, 0.6) is 0 Å². The lowest BCUT2D eigenvalue weighted by Gasteiger charge is -2.30. The molecule has 1 fully saturated rings. The van der Waals surface area contributed by atoms with Gasteiger partial charge in [-0.2, -0.15) is 0 Å². The van der Waals surface area contributed by atoms with Crippen LogP contribution >= 0.6 is 0 Å². The summed E-state index contributed by atoms with van der Waals surface area (Å²) in [6.07, 6.45) is 0.974. The van der Waals surface area contributed by atoms with E-state index in [-0.39, 0.29) is 5.91 Å². The fourth-order valence-corrected chi connectivity index (χ4v) is 4.98. The number of ether oxygens (including phenoxy) is 1. The molecule has 0 bridgehead atoms. The molecule has 176 valence electrons. The Labute approximate surface area is 205 Å². The number of fused-ring (bicyclic) bond motifs is 2. The van der Waals surface area contributed by atoms with E-state index in [9.17, 15) is 4.79 Å². The zero-order chi connectivity index (χ0) is 23.6. The van der Waals surface area contributed by atoms with Crippen LogP contribution in [0.25, 0.3) is 10.9 Å². The van der Waals surface area contributed by atoms with E-state index in [1.165, 1.54) is 11.1 Å². The van der Waals surface area contributed by atoms with Crippen LogP contribution in [0.15, 0.2) is 78.9 Å². The van der Waals surface area contributed by atoms with E-state index in [1.54, 1.807) is 0 Å². The second-order valence-corrected chi connectivity index (χ2v) is 9.09. The van der Waals surface area contributed by atoms with Gasteiger partial charge in [-0.1, -0.05) is 42.5 Å². The molecule has 35 heavy (non-hydrogen) atoms. The molecule has 0 atom stereocenters. The van der Waals surface area contributed by atoms with Gasteiger partial charge in [-0.15, -0.1) is 0 Å². The second-order valence-electron chi connectivity index (χ2n) is 9.09. The van der Waals surface area contributed by atoms with Crippen molar-refractivity contribution in [1.82, 2.24) is 4.98 Å². The van der Waals surface area contributed by atoms with Crippen LogP contribution in [0.4, 0.5) is 17.2 Å². The molecule has 2 aliphatic heterocycles. The lowest BCUT2D eigenvalue weighted by Crippen LogP contribution is -2.36.